The average Bonchev–Trinajstić information content (AvgIpc) is 2.62. The van der Waals surface area contributed by atoms with Crippen LogP contribution in [0.25, 0.3) is 0 Å². The molecule has 2 amide bonds. The number of nitrogens with zero attached hydrogens (tertiary/aromatic N) is 2. The lowest BCUT2D eigenvalue weighted by Gasteiger charge is -2.31. The Kier molecular flexibility index (Phi) is 4.80. The van der Waals surface area contributed by atoms with Gasteiger partial charge in [0.25, 0.3) is 5.91 Å². The second kappa shape index (κ2) is 7.06. The Morgan fingerprint density at radius 1 is 1.30 bits per heavy atom. The van der Waals surface area contributed by atoms with Gasteiger partial charge in [0.2, 0.25) is 5.91 Å². The van der Waals surface area contributed by atoms with E-state index in [0.29, 0.717) is 0 Å². The van der Waals surface area contributed by atoms with Crippen LogP contribution in [0.3, 0.4) is 0 Å². The average molecular weight is 377 g/mol. The highest BCUT2D eigenvalue weighted by Gasteiger charge is 2.32. The van der Waals surface area contributed by atoms with Crippen LogP contribution in [-0.2, 0) is 4.79 Å². The van der Waals surface area contributed by atoms with Crippen LogP contribution in [0.15, 0.2) is 30.5 Å². The number of hydrogen-bond acceptors (Lipinski definition) is 4. The Balaban J connectivity index is 1.89. The van der Waals surface area contributed by atoms with Crippen LogP contribution >= 0.6 is 0 Å². The van der Waals surface area contributed by atoms with Crippen LogP contribution in [0.5, 0.6) is 0 Å². The van der Waals surface area contributed by atoms with Crippen LogP contribution in [0, 0.1) is 22.9 Å². The number of anilines is 1. The van der Waals surface area contributed by atoms with E-state index in [1.807, 2.05) is 0 Å². The molecule has 10 heteroatoms. The first-order valence-corrected chi connectivity index (χ1v) is 7.80. The Labute approximate surface area is 151 Å². The number of halogens is 3. The van der Waals surface area contributed by atoms with Gasteiger partial charge in [-0.15, -0.1) is 0 Å². The summed E-state index contributed by atoms with van der Waals surface area (Å²) in [5, 5.41) is 12.5. The zero-order valence-corrected chi connectivity index (χ0v) is 14.0. The molecule has 0 radical (unpaired) electrons. The standard InChI is InChI=1S/C17H14F3N5O2/c1-25-13(26)6-12(24-17(25)21)14-9(19)3-5-10(15(14)20)23-16(27)11-4-2-8(18)7-22-11/h2-5,7,12H,6H2,1H3,(H2,21,24)(H,23,27)/t12-/m0/s1. The van der Waals surface area contributed by atoms with Crippen LogP contribution in [-0.4, -0.2) is 34.7 Å². The van der Waals surface area contributed by atoms with Gasteiger partial charge in [-0.3, -0.25) is 19.9 Å². The van der Waals surface area contributed by atoms with Crippen LogP contribution in [0.1, 0.15) is 28.5 Å². The van der Waals surface area contributed by atoms with Crippen molar-refractivity contribution in [3.8, 4) is 0 Å². The number of hydrogen-bond donors (Lipinski definition) is 3. The minimum atomic E-state index is -1.10. The highest BCUT2D eigenvalue weighted by Crippen LogP contribution is 2.30. The number of rotatable bonds is 3. The molecule has 1 aliphatic heterocycles. The van der Waals surface area contributed by atoms with Gasteiger partial charge < -0.3 is 10.6 Å². The first-order valence-electron chi connectivity index (χ1n) is 7.80. The van der Waals surface area contributed by atoms with Gasteiger partial charge in [0.15, 0.2) is 11.8 Å². The SMILES string of the molecule is CN1C(=N)N[C@H](c2c(F)ccc(NC(=O)c3ccc(F)cn3)c2F)CC1=O. The van der Waals surface area contributed by atoms with Crippen molar-refractivity contribution in [3.63, 3.8) is 0 Å². The van der Waals surface area contributed by atoms with E-state index in [1.54, 1.807) is 0 Å². The molecular weight excluding hydrogens is 363 g/mol. The molecule has 0 spiro atoms. The molecule has 140 valence electrons. The summed E-state index contributed by atoms with van der Waals surface area (Å²) in [6, 6.07) is 3.01. The van der Waals surface area contributed by atoms with Gasteiger partial charge in [-0.25, -0.2) is 18.2 Å². The summed E-state index contributed by atoms with van der Waals surface area (Å²) in [5.74, 6) is -4.22. The first-order chi connectivity index (χ1) is 12.8. The van der Waals surface area contributed by atoms with E-state index in [4.69, 9.17) is 5.41 Å². The highest BCUT2D eigenvalue weighted by atomic mass is 19.1. The van der Waals surface area contributed by atoms with Crippen molar-refractivity contribution in [1.29, 1.82) is 5.41 Å². The molecule has 1 aliphatic rings. The van der Waals surface area contributed by atoms with E-state index in [-0.39, 0.29) is 23.8 Å². The fourth-order valence-electron chi connectivity index (χ4n) is 2.61. The van der Waals surface area contributed by atoms with Crippen molar-refractivity contribution in [3.05, 3.63) is 59.2 Å². The molecule has 1 atom stereocenters. The van der Waals surface area contributed by atoms with Crippen LogP contribution in [0.4, 0.5) is 18.9 Å². The van der Waals surface area contributed by atoms with E-state index in [1.165, 1.54) is 7.05 Å². The third kappa shape index (κ3) is 3.59. The maximum atomic E-state index is 14.8. The summed E-state index contributed by atoms with van der Waals surface area (Å²) in [6.07, 6.45) is 0.574. The second-order valence-electron chi connectivity index (χ2n) is 5.84. The molecule has 2 aromatic rings. The normalized spacial score (nSPS) is 16.9. The maximum Gasteiger partial charge on any atom is 0.274 e. The Hall–Kier alpha value is -3.43. The summed E-state index contributed by atoms with van der Waals surface area (Å²) in [5.41, 5.74) is -0.954. The number of aromatic nitrogens is 1. The lowest BCUT2D eigenvalue weighted by Crippen LogP contribution is -2.50. The number of pyridine rings is 1. The van der Waals surface area contributed by atoms with Crippen molar-refractivity contribution in [1.82, 2.24) is 15.2 Å². The van der Waals surface area contributed by atoms with Gasteiger partial charge in [0.1, 0.15) is 17.3 Å². The Morgan fingerprint density at radius 3 is 2.67 bits per heavy atom. The van der Waals surface area contributed by atoms with Gasteiger partial charge in [-0.05, 0) is 24.3 Å². The van der Waals surface area contributed by atoms with E-state index < -0.39 is 40.9 Å². The molecule has 1 aromatic carbocycles. The zero-order valence-electron chi connectivity index (χ0n) is 14.0. The van der Waals surface area contributed by atoms with Crippen LogP contribution < -0.4 is 10.6 Å². The summed E-state index contributed by atoms with van der Waals surface area (Å²) in [6.45, 7) is 0. The molecule has 0 aliphatic carbocycles. The third-order valence-electron chi connectivity index (χ3n) is 4.08. The number of amides is 2. The highest BCUT2D eigenvalue weighted by molar-refractivity contribution is 6.03. The van der Waals surface area contributed by atoms with Crippen molar-refractivity contribution in [2.45, 2.75) is 12.5 Å². The third-order valence-corrected chi connectivity index (χ3v) is 4.08. The lowest BCUT2D eigenvalue weighted by atomic mass is 9.99. The molecule has 0 bridgehead atoms. The number of carbonyl (C=O) groups is 2. The van der Waals surface area contributed by atoms with Gasteiger partial charge in [0, 0.05) is 12.6 Å². The number of carbonyl (C=O) groups excluding carboxylic acids is 2. The van der Waals surface area contributed by atoms with Crippen molar-refractivity contribution >= 4 is 23.5 Å². The minimum Gasteiger partial charge on any atom is -0.349 e. The smallest absolute Gasteiger partial charge is 0.274 e. The Morgan fingerprint density at radius 2 is 2.04 bits per heavy atom. The lowest BCUT2D eigenvalue weighted by molar-refractivity contribution is -0.128. The topological polar surface area (TPSA) is 98.2 Å². The quantitative estimate of drug-likeness (QED) is 0.764. The second-order valence-corrected chi connectivity index (χ2v) is 5.84. The molecule has 1 saturated heterocycles. The Bertz CT molecular complexity index is 915. The van der Waals surface area contributed by atoms with Crippen molar-refractivity contribution in [2.75, 3.05) is 12.4 Å². The van der Waals surface area contributed by atoms with E-state index >= 15 is 0 Å². The first kappa shape index (κ1) is 18.4. The van der Waals surface area contributed by atoms with Crippen LogP contribution in [0.2, 0.25) is 0 Å². The molecule has 1 aromatic heterocycles. The fourth-order valence-corrected chi connectivity index (χ4v) is 2.61. The molecule has 0 saturated carbocycles. The van der Waals surface area contributed by atoms with Gasteiger partial charge >= 0.3 is 0 Å². The van der Waals surface area contributed by atoms with Gasteiger partial charge in [-0.1, -0.05) is 0 Å². The maximum absolute atomic E-state index is 14.8. The summed E-state index contributed by atoms with van der Waals surface area (Å²) in [7, 11) is 1.37. The molecule has 3 N–H and O–H groups in total. The molecule has 2 heterocycles. The van der Waals surface area contributed by atoms with Gasteiger partial charge in [-0.2, -0.15) is 0 Å². The van der Waals surface area contributed by atoms with Gasteiger partial charge in [0.05, 0.1) is 24.3 Å². The molecule has 27 heavy (non-hydrogen) atoms. The molecule has 0 unspecified atom stereocenters. The van der Waals surface area contributed by atoms with Crippen molar-refractivity contribution < 1.29 is 22.8 Å². The van der Waals surface area contributed by atoms with E-state index in [9.17, 15) is 22.8 Å². The summed E-state index contributed by atoms with van der Waals surface area (Å²) >= 11 is 0. The van der Waals surface area contributed by atoms with E-state index in [0.717, 1.165) is 35.4 Å². The molecule has 7 nitrogen and oxygen atoms in total. The van der Waals surface area contributed by atoms with Crippen molar-refractivity contribution in [2.24, 2.45) is 0 Å². The summed E-state index contributed by atoms with van der Waals surface area (Å²) < 4.78 is 42.0. The molecular formula is C17H14F3N5O2. The summed E-state index contributed by atoms with van der Waals surface area (Å²) in [4.78, 5) is 28.6. The number of benzene rings is 1. The number of nitrogens with one attached hydrogen (secondary N) is 3. The monoisotopic (exact) mass is 377 g/mol. The molecule has 1 fully saturated rings. The predicted octanol–water partition coefficient (Wildman–Crippen LogP) is 2.18. The van der Waals surface area contributed by atoms with E-state index in [2.05, 4.69) is 15.6 Å². The number of guanidine groups is 1. The largest absolute Gasteiger partial charge is 0.349 e. The fraction of sp³-hybridized carbons (Fsp3) is 0.176. The predicted molar refractivity (Wildman–Crippen MR) is 89.5 cm³/mol. The minimum absolute atomic E-state index is 0.156. The molecule has 3 rings (SSSR count). The zero-order chi connectivity index (χ0) is 19.7.